The number of azide groups is 1. The number of carbonyl (C=O) groups excluding carboxylic acids is 1. The van der Waals surface area contributed by atoms with Crippen molar-refractivity contribution < 1.29 is 9.18 Å². The Labute approximate surface area is 127 Å². The van der Waals surface area contributed by atoms with Gasteiger partial charge < -0.3 is 4.79 Å². The van der Waals surface area contributed by atoms with Crippen LogP contribution in [-0.2, 0) is 11.2 Å². The zero-order chi connectivity index (χ0) is 15.5. The summed E-state index contributed by atoms with van der Waals surface area (Å²) in [6, 6.07) is 11.8. The van der Waals surface area contributed by atoms with Crippen LogP contribution in [0.15, 0.2) is 47.6 Å². The van der Waals surface area contributed by atoms with Crippen molar-refractivity contribution in [1.82, 2.24) is 0 Å². The van der Waals surface area contributed by atoms with Crippen molar-refractivity contribution in [3.8, 4) is 0 Å². The molecule has 0 N–H and O–H groups in total. The van der Waals surface area contributed by atoms with E-state index in [1.807, 2.05) is 24.3 Å². The monoisotopic (exact) mass is 295 g/mol. The van der Waals surface area contributed by atoms with Crippen molar-refractivity contribution in [2.75, 3.05) is 0 Å². The molecule has 0 bridgehead atoms. The summed E-state index contributed by atoms with van der Waals surface area (Å²) in [7, 11) is 0. The minimum Gasteiger partial charge on any atom is -0.303 e. The van der Waals surface area contributed by atoms with E-state index in [1.54, 1.807) is 6.07 Å². The minimum atomic E-state index is -0.579. The second-order valence-corrected chi connectivity index (χ2v) is 5.38. The Morgan fingerprint density at radius 3 is 2.77 bits per heavy atom. The van der Waals surface area contributed by atoms with Gasteiger partial charge in [-0.3, -0.25) is 0 Å². The summed E-state index contributed by atoms with van der Waals surface area (Å²) >= 11 is 0. The molecule has 110 valence electrons. The number of fused-ring (bicyclic) bond motifs is 2. The van der Waals surface area contributed by atoms with Gasteiger partial charge in [0.1, 0.15) is 12.1 Å². The molecule has 1 aliphatic carbocycles. The van der Waals surface area contributed by atoms with Crippen LogP contribution in [0, 0.1) is 5.82 Å². The molecule has 0 aromatic heterocycles. The highest BCUT2D eigenvalue weighted by Crippen LogP contribution is 2.43. The number of carbonyl (C=O) groups is 1. The molecule has 2 aromatic carbocycles. The third-order valence-electron chi connectivity index (χ3n) is 4.17. The first kappa shape index (κ1) is 14.3. The second-order valence-electron chi connectivity index (χ2n) is 5.38. The fraction of sp³-hybridized carbons (Fsp3) is 0.235. The summed E-state index contributed by atoms with van der Waals surface area (Å²) in [6.07, 6.45) is 1.70. The van der Waals surface area contributed by atoms with Gasteiger partial charge in [0, 0.05) is 17.3 Å². The van der Waals surface area contributed by atoms with Crippen LogP contribution in [0.2, 0.25) is 0 Å². The molecule has 0 aliphatic heterocycles. The van der Waals surface area contributed by atoms with E-state index < -0.39 is 6.04 Å². The second kappa shape index (κ2) is 6.00. The Morgan fingerprint density at radius 1 is 1.23 bits per heavy atom. The first-order valence-corrected chi connectivity index (χ1v) is 7.08. The summed E-state index contributed by atoms with van der Waals surface area (Å²) in [5.74, 6) is -0.639. The first-order valence-electron chi connectivity index (χ1n) is 7.08. The van der Waals surface area contributed by atoms with Gasteiger partial charge in [-0.2, -0.15) is 0 Å². The van der Waals surface area contributed by atoms with E-state index in [2.05, 4.69) is 10.0 Å². The number of hydrogen-bond donors (Lipinski definition) is 0. The molecule has 3 rings (SSSR count). The molecule has 0 fully saturated rings. The smallest absolute Gasteiger partial charge is 0.123 e. The summed E-state index contributed by atoms with van der Waals surface area (Å²) in [5.41, 5.74) is 12.6. The molecular formula is C17H14FN3O. The van der Waals surface area contributed by atoms with Gasteiger partial charge in [-0.15, -0.1) is 0 Å². The van der Waals surface area contributed by atoms with Gasteiger partial charge in [-0.1, -0.05) is 35.4 Å². The van der Waals surface area contributed by atoms with Crippen molar-refractivity contribution >= 4 is 6.29 Å². The number of halogens is 1. The van der Waals surface area contributed by atoms with Crippen molar-refractivity contribution in [2.45, 2.75) is 24.8 Å². The predicted molar refractivity (Wildman–Crippen MR) is 81.0 cm³/mol. The van der Waals surface area contributed by atoms with Crippen molar-refractivity contribution in [1.29, 1.82) is 0 Å². The van der Waals surface area contributed by atoms with Gasteiger partial charge in [0.2, 0.25) is 0 Å². The van der Waals surface area contributed by atoms with E-state index in [-0.39, 0.29) is 18.2 Å². The molecule has 1 aliphatic rings. The van der Waals surface area contributed by atoms with Crippen LogP contribution >= 0.6 is 0 Å². The van der Waals surface area contributed by atoms with Gasteiger partial charge >= 0.3 is 0 Å². The fourth-order valence-electron chi connectivity index (χ4n) is 3.21. The number of hydrogen-bond acceptors (Lipinski definition) is 2. The van der Waals surface area contributed by atoms with Crippen LogP contribution < -0.4 is 0 Å². The van der Waals surface area contributed by atoms with Gasteiger partial charge in [0.15, 0.2) is 0 Å². The molecule has 0 saturated carbocycles. The Bertz CT molecular complexity index is 768. The zero-order valence-electron chi connectivity index (χ0n) is 11.8. The SMILES string of the molecule is [N-]=[N+]=N[C@H]1c2cc(F)ccc2Cc2ccccc2[C@H]1CC=O. The first-order chi connectivity index (χ1) is 10.7. The van der Waals surface area contributed by atoms with Crippen LogP contribution in [0.3, 0.4) is 0 Å². The lowest BCUT2D eigenvalue weighted by atomic mass is 9.85. The maximum atomic E-state index is 13.7. The summed E-state index contributed by atoms with van der Waals surface area (Å²) in [6.45, 7) is 0. The Hall–Kier alpha value is -2.65. The molecule has 4 nitrogen and oxygen atoms in total. The molecular weight excluding hydrogens is 281 g/mol. The normalized spacial score (nSPS) is 19.3. The van der Waals surface area contributed by atoms with E-state index in [0.717, 1.165) is 23.0 Å². The van der Waals surface area contributed by atoms with Gasteiger partial charge in [0.05, 0.1) is 6.04 Å². The summed E-state index contributed by atoms with van der Waals surface area (Å²) < 4.78 is 13.7. The third kappa shape index (κ3) is 2.47. The highest BCUT2D eigenvalue weighted by atomic mass is 19.1. The average Bonchev–Trinajstić information content (AvgIpc) is 2.64. The number of rotatable bonds is 3. The number of benzene rings is 2. The third-order valence-corrected chi connectivity index (χ3v) is 4.17. The quantitative estimate of drug-likeness (QED) is 0.357. The molecule has 5 heteroatoms. The van der Waals surface area contributed by atoms with E-state index >= 15 is 0 Å². The lowest BCUT2D eigenvalue weighted by Crippen LogP contribution is -2.10. The van der Waals surface area contributed by atoms with Crippen LogP contribution in [0.25, 0.3) is 10.4 Å². The van der Waals surface area contributed by atoms with Crippen molar-refractivity contribution in [2.24, 2.45) is 5.11 Å². The van der Waals surface area contributed by atoms with Gasteiger partial charge in [-0.25, -0.2) is 4.39 Å². The Balaban J connectivity index is 2.26. The largest absolute Gasteiger partial charge is 0.303 e. The molecule has 0 unspecified atom stereocenters. The van der Waals surface area contributed by atoms with Crippen LogP contribution in [0.4, 0.5) is 4.39 Å². The standard InChI is InChI=1S/C17H14FN3O/c18-13-6-5-12-9-11-3-1-2-4-14(11)15(7-8-22)17(20-21-19)16(12)10-13/h1-6,8,10,15,17H,7,9H2/t15-,17-/m1/s1. The van der Waals surface area contributed by atoms with E-state index in [1.165, 1.54) is 12.1 Å². The molecule has 0 amide bonds. The molecule has 2 aromatic rings. The van der Waals surface area contributed by atoms with Crippen molar-refractivity contribution in [3.63, 3.8) is 0 Å². The molecule has 22 heavy (non-hydrogen) atoms. The number of nitrogens with zero attached hydrogens (tertiary/aromatic N) is 3. The van der Waals surface area contributed by atoms with E-state index in [4.69, 9.17) is 5.53 Å². The molecule has 2 atom stereocenters. The average molecular weight is 295 g/mol. The van der Waals surface area contributed by atoms with Crippen LogP contribution in [0.1, 0.15) is 40.6 Å². The number of aldehydes is 1. The fourth-order valence-corrected chi connectivity index (χ4v) is 3.21. The van der Waals surface area contributed by atoms with Gasteiger partial charge in [-0.05, 0) is 46.3 Å². The lowest BCUT2D eigenvalue weighted by Gasteiger charge is -2.22. The Kier molecular flexibility index (Phi) is 3.90. The predicted octanol–water partition coefficient (Wildman–Crippen LogP) is 4.45. The molecule has 0 heterocycles. The maximum Gasteiger partial charge on any atom is 0.123 e. The zero-order valence-corrected chi connectivity index (χ0v) is 11.8. The van der Waals surface area contributed by atoms with Crippen LogP contribution in [0.5, 0.6) is 0 Å². The minimum absolute atomic E-state index is 0.233. The van der Waals surface area contributed by atoms with Gasteiger partial charge in [0.25, 0.3) is 0 Å². The molecule has 0 radical (unpaired) electrons. The lowest BCUT2D eigenvalue weighted by molar-refractivity contribution is -0.108. The Morgan fingerprint density at radius 2 is 2.00 bits per heavy atom. The van der Waals surface area contributed by atoms with Crippen LogP contribution in [-0.4, -0.2) is 6.29 Å². The summed E-state index contributed by atoms with van der Waals surface area (Å²) in [4.78, 5) is 14.0. The topological polar surface area (TPSA) is 65.8 Å². The van der Waals surface area contributed by atoms with E-state index in [9.17, 15) is 9.18 Å². The summed E-state index contributed by atoms with van der Waals surface area (Å²) in [5, 5.41) is 3.88. The highest BCUT2D eigenvalue weighted by molar-refractivity contribution is 5.55. The van der Waals surface area contributed by atoms with Crippen molar-refractivity contribution in [3.05, 3.63) is 81.0 Å². The van der Waals surface area contributed by atoms with E-state index in [0.29, 0.717) is 12.0 Å². The maximum absolute atomic E-state index is 13.7. The molecule has 0 saturated heterocycles. The highest BCUT2D eigenvalue weighted by Gasteiger charge is 2.30. The molecule has 0 spiro atoms.